The number of nitrogens with one attached hydrogen (secondary N) is 2. The van der Waals surface area contributed by atoms with E-state index in [0.717, 1.165) is 5.56 Å². The van der Waals surface area contributed by atoms with Gasteiger partial charge in [-0.2, -0.15) is 5.26 Å². The summed E-state index contributed by atoms with van der Waals surface area (Å²) in [6.07, 6.45) is 0. The third-order valence-electron chi connectivity index (χ3n) is 3.99. The van der Waals surface area contributed by atoms with Gasteiger partial charge in [-0.25, -0.2) is 4.79 Å². The number of hydrogen-bond acceptors (Lipinski definition) is 3. The van der Waals surface area contributed by atoms with E-state index >= 15 is 0 Å². The summed E-state index contributed by atoms with van der Waals surface area (Å²) in [6.45, 7) is 1.69. The minimum absolute atomic E-state index is 0.198. The van der Waals surface area contributed by atoms with Crippen molar-refractivity contribution in [1.29, 1.82) is 5.26 Å². The molecule has 1 heterocycles. The van der Waals surface area contributed by atoms with Crippen LogP contribution in [0.25, 0.3) is 0 Å². The maximum absolute atomic E-state index is 13.0. The monoisotopic (exact) mass is 351 g/mol. The fraction of sp³-hybridized carbons (Fsp3) is 0.105. The van der Waals surface area contributed by atoms with Gasteiger partial charge in [0.2, 0.25) is 0 Å². The van der Waals surface area contributed by atoms with Crippen molar-refractivity contribution in [3.8, 4) is 6.07 Å². The third kappa shape index (κ3) is 3.39. The predicted molar refractivity (Wildman–Crippen MR) is 94.0 cm³/mol. The summed E-state index contributed by atoms with van der Waals surface area (Å²) < 4.78 is 0. The van der Waals surface area contributed by atoms with Gasteiger partial charge in [-0.15, -0.1) is 0 Å². The van der Waals surface area contributed by atoms with E-state index in [1.165, 1.54) is 0 Å². The fourth-order valence-electron chi connectivity index (χ4n) is 2.75. The summed E-state index contributed by atoms with van der Waals surface area (Å²) in [7, 11) is 0. The Hall–Kier alpha value is -3.10. The van der Waals surface area contributed by atoms with Crippen molar-refractivity contribution in [3.63, 3.8) is 0 Å². The van der Waals surface area contributed by atoms with Crippen LogP contribution < -0.4 is 10.6 Å². The summed E-state index contributed by atoms with van der Waals surface area (Å²) in [5, 5.41) is 14.9. The second-order valence-electron chi connectivity index (χ2n) is 5.64. The molecule has 0 spiro atoms. The number of amides is 2. The van der Waals surface area contributed by atoms with E-state index in [-0.39, 0.29) is 11.8 Å². The summed E-state index contributed by atoms with van der Waals surface area (Å²) in [6, 6.07) is 14.5. The highest BCUT2D eigenvalue weighted by Gasteiger charge is 2.31. The van der Waals surface area contributed by atoms with E-state index in [2.05, 4.69) is 10.6 Å². The van der Waals surface area contributed by atoms with Gasteiger partial charge in [0.25, 0.3) is 0 Å². The molecule has 6 heteroatoms. The second kappa shape index (κ2) is 6.80. The number of allylic oxidation sites excluding steroid dienone is 1. The summed E-state index contributed by atoms with van der Waals surface area (Å²) in [5.74, 6) is -0.198. The molecule has 1 aliphatic rings. The molecule has 0 fully saturated rings. The molecule has 2 aromatic carbocycles. The molecule has 2 N–H and O–H groups in total. The first-order valence-electron chi connectivity index (χ1n) is 7.58. The molecule has 124 valence electrons. The Morgan fingerprint density at radius 3 is 2.36 bits per heavy atom. The largest absolute Gasteiger partial charge is 0.327 e. The van der Waals surface area contributed by atoms with E-state index < -0.39 is 6.04 Å². The predicted octanol–water partition coefficient (Wildman–Crippen LogP) is 3.72. The molecular formula is C19H14ClN3O2. The van der Waals surface area contributed by atoms with Crippen molar-refractivity contribution < 1.29 is 9.59 Å². The molecule has 0 saturated carbocycles. The standard InChI is InChI=1S/C19H14ClN3O2/c1-11-16(18(24)14-6-8-15(20)9-7-14)17(23-19(25)22-11)13-4-2-12(10-21)3-5-13/h2-9,17H,1H3,(H2,22,23,25). The number of ketones is 1. The molecular weight excluding hydrogens is 338 g/mol. The first kappa shape index (κ1) is 16.7. The van der Waals surface area contributed by atoms with Crippen LogP contribution in [0.5, 0.6) is 0 Å². The van der Waals surface area contributed by atoms with E-state index in [1.54, 1.807) is 55.5 Å². The average Bonchev–Trinajstić information content (AvgIpc) is 2.61. The fourth-order valence-corrected chi connectivity index (χ4v) is 2.88. The number of benzene rings is 2. The zero-order valence-corrected chi connectivity index (χ0v) is 14.1. The Labute approximate surface area is 149 Å². The molecule has 1 unspecified atom stereocenters. The van der Waals surface area contributed by atoms with Gasteiger partial charge >= 0.3 is 6.03 Å². The highest BCUT2D eigenvalue weighted by molar-refractivity contribution is 6.30. The lowest BCUT2D eigenvalue weighted by Gasteiger charge is -2.28. The lowest BCUT2D eigenvalue weighted by atomic mass is 9.89. The summed E-state index contributed by atoms with van der Waals surface area (Å²) in [4.78, 5) is 24.9. The van der Waals surface area contributed by atoms with Crippen LogP contribution in [-0.4, -0.2) is 11.8 Å². The van der Waals surface area contributed by atoms with Crippen molar-refractivity contribution in [3.05, 3.63) is 81.5 Å². The lowest BCUT2D eigenvalue weighted by Crippen LogP contribution is -2.45. The van der Waals surface area contributed by atoms with Crippen molar-refractivity contribution in [2.45, 2.75) is 13.0 Å². The van der Waals surface area contributed by atoms with Gasteiger partial charge in [0.15, 0.2) is 5.78 Å². The Kier molecular flexibility index (Phi) is 4.55. The topological polar surface area (TPSA) is 82.0 Å². The van der Waals surface area contributed by atoms with Crippen LogP contribution in [0.1, 0.15) is 34.5 Å². The van der Waals surface area contributed by atoms with Crippen LogP contribution in [0.4, 0.5) is 4.79 Å². The van der Waals surface area contributed by atoms with Gasteiger partial charge in [0, 0.05) is 21.9 Å². The highest BCUT2D eigenvalue weighted by Crippen LogP contribution is 2.29. The number of nitriles is 1. The molecule has 0 radical (unpaired) electrons. The average molecular weight is 352 g/mol. The molecule has 0 aliphatic carbocycles. The van der Waals surface area contributed by atoms with E-state index in [1.807, 2.05) is 6.07 Å². The molecule has 25 heavy (non-hydrogen) atoms. The van der Waals surface area contributed by atoms with Crippen LogP contribution >= 0.6 is 11.6 Å². The van der Waals surface area contributed by atoms with Gasteiger partial charge in [-0.1, -0.05) is 23.7 Å². The van der Waals surface area contributed by atoms with Crippen LogP contribution in [0.2, 0.25) is 5.02 Å². The van der Waals surface area contributed by atoms with E-state index in [9.17, 15) is 9.59 Å². The number of carbonyl (C=O) groups excluding carboxylic acids is 2. The minimum Gasteiger partial charge on any atom is -0.327 e. The van der Waals surface area contributed by atoms with Crippen molar-refractivity contribution in [1.82, 2.24) is 10.6 Å². The third-order valence-corrected chi connectivity index (χ3v) is 4.25. The Morgan fingerprint density at radius 1 is 1.12 bits per heavy atom. The molecule has 0 bridgehead atoms. The quantitative estimate of drug-likeness (QED) is 0.827. The van der Waals surface area contributed by atoms with Gasteiger partial charge in [-0.05, 0) is 48.9 Å². The van der Waals surface area contributed by atoms with Crippen LogP contribution in [0, 0.1) is 11.3 Å². The Bertz CT molecular complexity index is 909. The zero-order valence-electron chi connectivity index (χ0n) is 13.3. The summed E-state index contributed by atoms with van der Waals surface area (Å²) in [5.41, 5.74) is 2.67. The minimum atomic E-state index is -0.593. The first-order valence-corrected chi connectivity index (χ1v) is 7.96. The Morgan fingerprint density at radius 2 is 1.76 bits per heavy atom. The molecule has 2 aromatic rings. The van der Waals surface area contributed by atoms with E-state index in [4.69, 9.17) is 16.9 Å². The van der Waals surface area contributed by atoms with Gasteiger partial charge in [0.1, 0.15) is 0 Å². The molecule has 3 rings (SSSR count). The number of hydrogen-bond donors (Lipinski definition) is 2. The number of carbonyl (C=O) groups is 2. The smallest absolute Gasteiger partial charge is 0.319 e. The van der Waals surface area contributed by atoms with Gasteiger partial charge in [0.05, 0.1) is 17.7 Å². The van der Waals surface area contributed by atoms with Crippen molar-refractivity contribution in [2.24, 2.45) is 0 Å². The highest BCUT2D eigenvalue weighted by atomic mass is 35.5. The number of nitrogens with zero attached hydrogens (tertiary/aromatic N) is 1. The van der Waals surface area contributed by atoms with Crippen LogP contribution in [0.15, 0.2) is 59.8 Å². The SMILES string of the molecule is CC1=C(C(=O)c2ccc(Cl)cc2)C(c2ccc(C#N)cc2)NC(=O)N1. The number of urea groups is 1. The number of halogens is 1. The molecule has 5 nitrogen and oxygen atoms in total. The van der Waals surface area contributed by atoms with Crippen LogP contribution in [-0.2, 0) is 0 Å². The molecule has 2 amide bonds. The number of rotatable bonds is 3. The van der Waals surface area contributed by atoms with Gasteiger partial charge < -0.3 is 10.6 Å². The van der Waals surface area contributed by atoms with Crippen LogP contribution in [0.3, 0.4) is 0 Å². The molecule has 0 aromatic heterocycles. The normalized spacial score (nSPS) is 16.7. The molecule has 0 saturated heterocycles. The maximum atomic E-state index is 13.0. The second-order valence-corrected chi connectivity index (χ2v) is 6.08. The lowest BCUT2D eigenvalue weighted by molar-refractivity contribution is 0.102. The zero-order chi connectivity index (χ0) is 18.0. The number of Topliss-reactive ketones (excluding diaryl/α,β-unsaturated/α-hetero) is 1. The first-order chi connectivity index (χ1) is 12.0. The maximum Gasteiger partial charge on any atom is 0.319 e. The molecule has 1 aliphatic heterocycles. The Balaban J connectivity index is 2.04. The molecule has 1 atom stereocenters. The van der Waals surface area contributed by atoms with Crippen molar-refractivity contribution >= 4 is 23.4 Å². The van der Waals surface area contributed by atoms with Gasteiger partial charge in [-0.3, -0.25) is 4.79 Å². The summed E-state index contributed by atoms with van der Waals surface area (Å²) >= 11 is 5.88. The van der Waals surface area contributed by atoms with Crippen molar-refractivity contribution in [2.75, 3.05) is 0 Å². The van der Waals surface area contributed by atoms with E-state index in [0.29, 0.717) is 27.4 Å².